The first kappa shape index (κ1) is 32.7. The highest BCUT2D eigenvalue weighted by molar-refractivity contribution is 5.88. The van der Waals surface area contributed by atoms with Gasteiger partial charge in [-0.15, -0.1) is 0 Å². The van der Waals surface area contributed by atoms with Crippen LogP contribution in [-0.2, 0) is 37.0 Å². The minimum Gasteiger partial charge on any atom is -0.481 e. The molecule has 5 N–H and O–H groups in total. The van der Waals surface area contributed by atoms with E-state index in [9.17, 15) is 19.2 Å². The Morgan fingerprint density at radius 3 is 2.33 bits per heavy atom. The fourth-order valence-corrected chi connectivity index (χ4v) is 4.63. The van der Waals surface area contributed by atoms with Crippen LogP contribution in [0.4, 0.5) is 0 Å². The first-order valence-corrected chi connectivity index (χ1v) is 13.4. The van der Waals surface area contributed by atoms with Gasteiger partial charge in [-0.3, -0.25) is 19.3 Å². The van der Waals surface area contributed by atoms with E-state index in [0.717, 1.165) is 44.6 Å². The van der Waals surface area contributed by atoms with Crippen molar-refractivity contribution in [2.24, 2.45) is 0 Å². The molecule has 12 heteroatoms. The van der Waals surface area contributed by atoms with E-state index < -0.39 is 36.4 Å². The second-order valence-electron chi connectivity index (χ2n) is 10.4. The Bertz CT molecular complexity index is 1150. The molecule has 1 aromatic carbocycles. The lowest BCUT2D eigenvalue weighted by Gasteiger charge is -2.32. The van der Waals surface area contributed by atoms with Gasteiger partial charge in [-0.2, -0.15) is 0 Å². The highest BCUT2D eigenvalue weighted by Crippen LogP contribution is 2.24. The van der Waals surface area contributed by atoms with Gasteiger partial charge in [0.15, 0.2) is 5.60 Å². The summed E-state index contributed by atoms with van der Waals surface area (Å²) in [5.41, 5.74) is -0.321. The SMILES string of the molecule is CCCOC1CCCN(Cc2cn(CC(=O)NC(C)C)c3ccccc23)C1.O=C(O)CC(O)(CC(=O)O)C(=O)O. The van der Waals surface area contributed by atoms with E-state index in [1.54, 1.807) is 0 Å². The Balaban J connectivity index is 0.000000366. The van der Waals surface area contributed by atoms with E-state index in [1.807, 2.05) is 19.9 Å². The zero-order chi connectivity index (χ0) is 29.9. The molecule has 3 rings (SSSR count). The van der Waals surface area contributed by atoms with E-state index in [0.29, 0.717) is 12.6 Å². The molecule has 1 aliphatic heterocycles. The predicted molar refractivity (Wildman–Crippen MR) is 147 cm³/mol. The Morgan fingerprint density at radius 2 is 1.75 bits per heavy atom. The number of aliphatic hydroxyl groups is 1. The minimum atomic E-state index is -2.74. The normalized spacial score (nSPS) is 15.9. The van der Waals surface area contributed by atoms with Crippen molar-refractivity contribution in [2.45, 2.75) is 83.7 Å². The lowest BCUT2D eigenvalue weighted by atomic mass is 9.96. The van der Waals surface area contributed by atoms with Crippen molar-refractivity contribution in [3.8, 4) is 0 Å². The average molecular weight is 564 g/mol. The summed E-state index contributed by atoms with van der Waals surface area (Å²) in [7, 11) is 0. The number of piperidine rings is 1. The second-order valence-corrected chi connectivity index (χ2v) is 10.4. The van der Waals surface area contributed by atoms with Crippen LogP contribution in [-0.4, -0.2) is 91.2 Å². The molecule has 0 spiro atoms. The number of aromatic nitrogens is 1. The molecular weight excluding hydrogens is 522 g/mol. The number of carbonyl (C=O) groups excluding carboxylic acids is 1. The molecule has 0 radical (unpaired) electrons. The summed E-state index contributed by atoms with van der Waals surface area (Å²) in [6.07, 6.45) is 3.63. The number of nitrogens with one attached hydrogen (secondary N) is 1. The number of carboxylic acid groups (broad SMARTS) is 3. The molecule has 0 aliphatic carbocycles. The fourth-order valence-electron chi connectivity index (χ4n) is 4.63. The number of hydrogen-bond acceptors (Lipinski definition) is 7. The number of likely N-dealkylation sites (tertiary alicyclic amines) is 1. The standard InChI is InChI=1S/C22H33N3O2.C6H8O7/c1-4-12-27-19-8-7-11-24(15-19)13-18-14-25(16-22(26)23-17(2)3)21-10-6-5-9-20(18)21;7-3(8)1-6(13,5(11)12)2-4(9)10/h5-6,9-10,14,17,19H,4,7-8,11-13,15-16H2,1-3H3,(H,23,26);13H,1-2H2,(H,7,8)(H,9,10)(H,11,12). The summed E-state index contributed by atoms with van der Waals surface area (Å²) in [4.78, 5) is 45.2. The zero-order valence-corrected chi connectivity index (χ0v) is 23.3. The third kappa shape index (κ3) is 10.2. The van der Waals surface area contributed by atoms with Crippen molar-refractivity contribution in [3.05, 3.63) is 36.0 Å². The summed E-state index contributed by atoms with van der Waals surface area (Å²) in [5, 5.41) is 38.0. The van der Waals surface area contributed by atoms with Gasteiger partial charge in [-0.25, -0.2) is 4.79 Å². The summed E-state index contributed by atoms with van der Waals surface area (Å²) in [6.45, 7) is 10.4. The van der Waals surface area contributed by atoms with Crippen LogP contribution in [0.5, 0.6) is 0 Å². The Kier molecular flexibility index (Phi) is 12.6. The Labute approximate surface area is 233 Å². The number of carboxylic acids is 3. The quantitative estimate of drug-likeness (QED) is 0.243. The van der Waals surface area contributed by atoms with Gasteiger partial charge in [0.05, 0.1) is 18.9 Å². The molecule has 0 saturated carbocycles. The van der Waals surface area contributed by atoms with Crippen molar-refractivity contribution in [2.75, 3.05) is 19.7 Å². The first-order valence-electron chi connectivity index (χ1n) is 13.4. The van der Waals surface area contributed by atoms with E-state index in [4.69, 9.17) is 25.2 Å². The number of ether oxygens (including phenoxy) is 1. The number of benzene rings is 1. The van der Waals surface area contributed by atoms with Crippen molar-refractivity contribution in [1.29, 1.82) is 0 Å². The number of nitrogens with zero attached hydrogens (tertiary/aromatic N) is 2. The molecular formula is C28H41N3O9. The molecule has 12 nitrogen and oxygen atoms in total. The lowest BCUT2D eigenvalue weighted by molar-refractivity contribution is -0.170. The fraction of sp³-hybridized carbons (Fsp3) is 0.571. The van der Waals surface area contributed by atoms with Crippen LogP contribution in [0.3, 0.4) is 0 Å². The van der Waals surface area contributed by atoms with Gasteiger partial charge in [-0.05, 0) is 51.3 Å². The number of fused-ring (bicyclic) bond motifs is 1. The van der Waals surface area contributed by atoms with E-state index in [-0.39, 0.29) is 11.9 Å². The molecule has 1 amide bonds. The van der Waals surface area contributed by atoms with E-state index in [2.05, 4.69) is 46.1 Å². The van der Waals surface area contributed by atoms with Crippen molar-refractivity contribution >= 4 is 34.7 Å². The van der Waals surface area contributed by atoms with Gasteiger partial charge >= 0.3 is 17.9 Å². The van der Waals surface area contributed by atoms with Gasteiger partial charge in [0.2, 0.25) is 5.91 Å². The highest BCUT2D eigenvalue weighted by Gasteiger charge is 2.40. The maximum atomic E-state index is 12.3. The predicted octanol–water partition coefficient (Wildman–Crippen LogP) is 2.31. The van der Waals surface area contributed by atoms with Crippen LogP contribution in [0.25, 0.3) is 10.9 Å². The van der Waals surface area contributed by atoms with Gasteiger partial charge in [-0.1, -0.05) is 25.1 Å². The van der Waals surface area contributed by atoms with Crippen molar-refractivity contribution < 1.29 is 44.3 Å². The molecule has 1 fully saturated rings. The molecule has 1 saturated heterocycles. The number of para-hydroxylation sites is 1. The monoisotopic (exact) mass is 563 g/mol. The van der Waals surface area contributed by atoms with Gasteiger partial charge in [0.25, 0.3) is 0 Å². The molecule has 222 valence electrons. The smallest absolute Gasteiger partial charge is 0.336 e. The second kappa shape index (κ2) is 15.3. The molecule has 1 atom stereocenters. The van der Waals surface area contributed by atoms with Gasteiger partial charge in [0.1, 0.15) is 6.54 Å². The number of hydrogen-bond donors (Lipinski definition) is 5. The van der Waals surface area contributed by atoms with Gasteiger partial charge in [0, 0.05) is 42.8 Å². The number of carbonyl (C=O) groups is 4. The molecule has 40 heavy (non-hydrogen) atoms. The van der Waals surface area contributed by atoms with Crippen LogP contribution in [0, 0.1) is 0 Å². The summed E-state index contributed by atoms with van der Waals surface area (Å²) < 4.78 is 8.06. The van der Waals surface area contributed by atoms with Crippen LogP contribution in [0.15, 0.2) is 30.5 Å². The number of aliphatic carboxylic acids is 3. The molecule has 0 bridgehead atoms. The summed E-state index contributed by atoms with van der Waals surface area (Å²) >= 11 is 0. The van der Waals surface area contributed by atoms with E-state index in [1.165, 1.54) is 17.4 Å². The maximum Gasteiger partial charge on any atom is 0.336 e. The average Bonchev–Trinajstić information content (AvgIpc) is 3.18. The zero-order valence-electron chi connectivity index (χ0n) is 23.3. The minimum absolute atomic E-state index is 0.0586. The lowest BCUT2D eigenvalue weighted by Crippen LogP contribution is -2.42. The molecule has 1 aromatic heterocycles. The topological polar surface area (TPSA) is 179 Å². The molecule has 1 aliphatic rings. The Morgan fingerprint density at radius 1 is 1.10 bits per heavy atom. The van der Waals surface area contributed by atoms with Crippen molar-refractivity contribution in [1.82, 2.24) is 14.8 Å². The third-order valence-corrected chi connectivity index (χ3v) is 6.33. The molecule has 2 heterocycles. The molecule has 1 unspecified atom stereocenters. The van der Waals surface area contributed by atoms with Crippen LogP contribution in [0.2, 0.25) is 0 Å². The largest absolute Gasteiger partial charge is 0.481 e. The summed E-state index contributed by atoms with van der Waals surface area (Å²) in [5.74, 6) is -4.96. The first-order chi connectivity index (χ1) is 18.8. The van der Waals surface area contributed by atoms with Crippen LogP contribution in [0.1, 0.15) is 58.4 Å². The van der Waals surface area contributed by atoms with Crippen LogP contribution < -0.4 is 5.32 Å². The van der Waals surface area contributed by atoms with E-state index >= 15 is 0 Å². The third-order valence-electron chi connectivity index (χ3n) is 6.33. The van der Waals surface area contributed by atoms with Gasteiger partial charge < -0.3 is 35.0 Å². The maximum absolute atomic E-state index is 12.3. The number of amides is 1. The van der Waals surface area contributed by atoms with Crippen molar-refractivity contribution in [3.63, 3.8) is 0 Å². The Hall–Kier alpha value is -3.48. The number of rotatable bonds is 13. The highest BCUT2D eigenvalue weighted by atomic mass is 16.5. The molecule has 2 aromatic rings. The summed E-state index contributed by atoms with van der Waals surface area (Å²) in [6, 6.07) is 8.54. The van der Waals surface area contributed by atoms with Crippen LogP contribution >= 0.6 is 0 Å².